The maximum Gasteiger partial charge on any atom is 0.222 e. The number of nitrogens with one attached hydrogen (secondary N) is 2. The molecule has 1 amide bonds. The van der Waals surface area contributed by atoms with E-state index >= 15 is 0 Å². The predicted octanol–water partition coefficient (Wildman–Crippen LogP) is 4.52. The van der Waals surface area contributed by atoms with Crippen LogP contribution in [0.5, 0.6) is 5.75 Å². The summed E-state index contributed by atoms with van der Waals surface area (Å²) in [6, 6.07) is 22.2. The fraction of sp³-hybridized carbons (Fsp3) is 0.310. The smallest absolute Gasteiger partial charge is 0.222 e. The number of carbonyl (C=O) groups is 1. The van der Waals surface area contributed by atoms with Crippen LogP contribution in [0.1, 0.15) is 37.0 Å². The van der Waals surface area contributed by atoms with E-state index in [9.17, 15) is 4.79 Å². The molecule has 37 heavy (non-hydrogen) atoms. The zero-order valence-electron chi connectivity index (χ0n) is 20.9. The summed E-state index contributed by atoms with van der Waals surface area (Å²) in [6.45, 7) is 5.27. The molecule has 2 unspecified atom stereocenters. The second-order valence-corrected chi connectivity index (χ2v) is 10.1. The molecule has 7 rings (SSSR count). The molecule has 7 nitrogen and oxygen atoms in total. The molecule has 0 aliphatic carbocycles. The van der Waals surface area contributed by atoms with Gasteiger partial charge in [-0.2, -0.15) is 0 Å². The van der Waals surface area contributed by atoms with Crippen LogP contribution in [-0.2, 0) is 11.2 Å². The fourth-order valence-electron chi connectivity index (χ4n) is 5.51. The van der Waals surface area contributed by atoms with E-state index < -0.39 is 0 Å². The zero-order valence-corrected chi connectivity index (χ0v) is 21.7. The van der Waals surface area contributed by atoms with Crippen molar-refractivity contribution in [3.63, 3.8) is 0 Å². The van der Waals surface area contributed by atoms with Gasteiger partial charge in [0.2, 0.25) is 5.91 Å². The van der Waals surface area contributed by atoms with Crippen LogP contribution in [0.15, 0.2) is 71.7 Å². The normalized spacial score (nSPS) is 21.9. The molecule has 7 bridgehead atoms. The van der Waals surface area contributed by atoms with Crippen LogP contribution in [0.25, 0.3) is 0 Å². The molecule has 3 aromatic rings. The van der Waals surface area contributed by atoms with Gasteiger partial charge in [0.1, 0.15) is 18.1 Å². The van der Waals surface area contributed by atoms with Crippen molar-refractivity contribution in [1.29, 1.82) is 0 Å². The van der Waals surface area contributed by atoms with Crippen molar-refractivity contribution in [1.82, 2.24) is 10.7 Å². The lowest BCUT2D eigenvalue weighted by molar-refractivity contribution is -0.121. The van der Waals surface area contributed by atoms with Gasteiger partial charge in [-0.05, 0) is 61.9 Å². The maximum absolute atomic E-state index is 12.9. The molecule has 4 aliphatic rings. The van der Waals surface area contributed by atoms with Crippen LogP contribution in [0.4, 0.5) is 11.4 Å². The number of ether oxygens (including phenoxy) is 1. The molecule has 1 saturated heterocycles. The molecule has 4 heterocycles. The van der Waals surface area contributed by atoms with Crippen molar-refractivity contribution < 1.29 is 9.53 Å². The molecule has 1 fully saturated rings. The molecule has 2 N–H and O–H groups in total. The topological polar surface area (TPSA) is 69.2 Å². The molecule has 0 spiro atoms. The van der Waals surface area contributed by atoms with Crippen molar-refractivity contribution in [2.75, 3.05) is 23.1 Å². The molecule has 0 saturated carbocycles. The Kier molecular flexibility index (Phi) is 6.26. The maximum atomic E-state index is 12.9. The third-order valence-electron chi connectivity index (χ3n) is 7.24. The van der Waals surface area contributed by atoms with E-state index in [0.717, 1.165) is 40.4 Å². The lowest BCUT2D eigenvalue weighted by Gasteiger charge is -2.31. The third kappa shape index (κ3) is 4.43. The average molecular weight is 516 g/mol. The number of halogens is 1. The molecule has 190 valence electrons. The van der Waals surface area contributed by atoms with Crippen molar-refractivity contribution in [3.8, 4) is 5.75 Å². The second kappa shape index (κ2) is 9.72. The van der Waals surface area contributed by atoms with Gasteiger partial charge in [0.15, 0.2) is 0 Å². The Morgan fingerprint density at radius 2 is 2.00 bits per heavy atom. The summed E-state index contributed by atoms with van der Waals surface area (Å²) in [7, 11) is 0. The lowest BCUT2D eigenvalue weighted by Crippen LogP contribution is -2.48. The number of carbonyl (C=O) groups excluding carboxylic acids is 1. The van der Waals surface area contributed by atoms with E-state index in [1.54, 1.807) is 0 Å². The second-order valence-electron chi connectivity index (χ2n) is 9.64. The van der Waals surface area contributed by atoms with Gasteiger partial charge in [-0.1, -0.05) is 35.9 Å². The Hall–Kier alpha value is -3.55. The van der Waals surface area contributed by atoms with Crippen LogP contribution < -0.4 is 25.4 Å². The lowest BCUT2D eigenvalue weighted by atomic mass is 9.99. The minimum absolute atomic E-state index is 0.0190. The first-order valence-electron chi connectivity index (χ1n) is 12.8. The van der Waals surface area contributed by atoms with Gasteiger partial charge >= 0.3 is 0 Å². The quantitative estimate of drug-likeness (QED) is 0.534. The van der Waals surface area contributed by atoms with Gasteiger partial charge in [-0.15, -0.1) is 0 Å². The zero-order chi connectivity index (χ0) is 25.5. The third-order valence-corrected chi connectivity index (χ3v) is 7.49. The number of benzene rings is 3. The van der Waals surface area contributed by atoms with Crippen molar-refractivity contribution in [2.45, 2.75) is 45.1 Å². The summed E-state index contributed by atoms with van der Waals surface area (Å²) in [5.74, 6) is 0.778. The van der Waals surface area contributed by atoms with E-state index in [0.29, 0.717) is 18.2 Å². The summed E-state index contributed by atoms with van der Waals surface area (Å²) in [5, 5.41) is 5.82. The highest BCUT2D eigenvalue weighted by Gasteiger charge is 2.45. The highest BCUT2D eigenvalue weighted by atomic mass is 35.5. The average Bonchev–Trinajstić information content (AvgIpc) is 3.17. The number of hydrogen-bond acceptors (Lipinski definition) is 6. The van der Waals surface area contributed by atoms with E-state index in [2.05, 4.69) is 64.0 Å². The Morgan fingerprint density at radius 1 is 1.16 bits per heavy atom. The summed E-state index contributed by atoms with van der Waals surface area (Å²) in [5.41, 5.74) is 9.81. The monoisotopic (exact) mass is 515 g/mol. The Bertz CT molecular complexity index is 1360. The minimum atomic E-state index is -0.338. The standard InChI is InChI=1S/C29H30ClN5O2/c1-3-31-27(36)17-25-29-33-35-18(2)34(29)26-12-11-23(37-14-13-19-5-4-6-22(35)15-19)16-24(26)28(32-25)20-7-9-21(30)10-8-20/h4-12,15-16,18,25,29,33H,3,13-14,17H2,1-2H3,(H,31,36)/t18?,25-,29?/m0/s1. The Labute approximate surface area is 222 Å². The molecule has 3 aromatic carbocycles. The largest absolute Gasteiger partial charge is 0.493 e. The predicted molar refractivity (Wildman–Crippen MR) is 148 cm³/mol. The number of amides is 1. The van der Waals surface area contributed by atoms with E-state index in [1.807, 2.05) is 37.3 Å². The van der Waals surface area contributed by atoms with E-state index in [-0.39, 0.29) is 30.7 Å². The summed E-state index contributed by atoms with van der Waals surface area (Å²) >= 11 is 6.23. The van der Waals surface area contributed by atoms with E-state index in [4.69, 9.17) is 21.3 Å². The first kappa shape index (κ1) is 23.8. The molecule has 3 atom stereocenters. The first-order valence-corrected chi connectivity index (χ1v) is 13.2. The van der Waals surface area contributed by atoms with Gasteiger partial charge in [-0.25, -0.2) is 5.43 Å². The highest BCUT2D eigenvalue weighted by Crippen LogP contribution is 2.39. The molecule has 0 radical (unpaired) electrons. The minimum Gasteiger partial charge on any atom is -0.493 e. The summed E-state index contributed by atoms with van der Waals surface area (Å²) in [4.78, 5) is 20.5. The number of hydrazine groups is 1. The van der Waals surface area contributed by atoms with Crippen molar-refractivity contribution in [2.24, 2.45) is 4.99 Å². The Morgan fingerprint density at radius 3 is 2.81 bits per heavy atom. The Balaban J connectivity index is 1.56. The van der Waals surface area contributed by atoms with Crippen LogP contribution in [0.3, 0.4) is 0 Å². The number of fused-ring (bicyclic) bond motifs is 3. The number of hydrogen-bond donors (Lipinski definition) is 2. The molecule has 8 heteroatoms. The fourth-order valence-corrected chi connectivity index (χ4v) is 5.64. The highest BCUT2D eigenvalue weighted by molar-refractivity contribution is 6.30. The van der Waals surface area contributed by atoms with E-state index in [1.165, 1.54) is 5.56 Å². The van der Waals surface area contributed by atoms with Crippen LogP contribution in [0, 0.1) is 0 Å². The number of aliphatic imine (C=N–C) groups is 1. The molecular weight excluding hydrogens is 486 g/mol. The van der Waals surface area contributed by atoms with Gasteiger partial charge < -0.3 is 15.0 Å². The SMILES string of the molecule is CCNC(=O)C[C@@H]1N=C(c2ccc(Cl)cc2)c2cc3ccc2N2C1NN(c1cccc(c1)CCO3)C2C. The van der Waals surface area contributed by atoms with Crippen LogP contribution in [0.2, 0.25) is 5.02 Å². The summed E-state index contributed by atoms with van der Waals surface area (Å²) < 4.78 is 6.22. The summed E-state index contributed by atoms with van der Waals surface area (Å²) in [6.07, 6.45) is 0.817. The number of rotatable bonds is 4. The van der Waals surface area contributed by atoms with Gasteiger partial charge in [-0.3, -0.25) is 14.8 Å². The van der Waals surface area contributed by atoms with Gasteiger partial charge in [0, 0.05) is 34.8 Å². The molecule has 4 aliphatic heterocycles. The number of nitrogens with zero attached hydrogens (tertiary/aromatic N) is 3. The van der Waals surface area contributed by atoms with Crippen molar-refractivity contribution >= 4 is 34.6 Å². The van der Waals surface area contributed by atoms with Crippen molar-refractivity contribution in [3.05, 3.63) is 88.4 Å². The molecular formula is C29H30ClN5O2. The number of anilines is 2. The molecule has 0 aromatic heterocycles. The van der Waals surface area contributed by atoms with Gasteiger partial charge in [0.25, 0.3) is 0 Å². The van der Waals surface area contributed by atoms with Crippen LogP contribution in [-0.4, -0.2) is 43.1 Å². The first-order chi connectivity index (χ1) is 18.0. The van der Waals surface area contributed by atoms with Gasteiger partial charge in [0.05, 0.1) is 30.5 Å². The van der Waals surface area contributed by atoms with Crippen LogP contribution >= 0.6 is 11.6 Å².